The number of carbonyl (C=O) groups is 3. The monoisotopic (exact) mass is 554 g/mol. The predicted octanol–water partition coefficient (Wildman–Crippen LogP) is 6.41. The molecule has 0 bridgehead atoms. The van der Waals surface area contributed by atoms with Crippen molar-refractivity contribution in [3.8, 4) is 0 Å². The predicted molar refractivity (Wildman–Crippen MR) is 157 cm³/mol. The number of carbonyl (C=O) groups excluding carboxylic acids is 2. The fourth-order valence-corrected chi connectivity index (χ4v) is 6.18. The summed E-state index contributed by atoms with van der Waals surface area (Å²) in [5.74, 6) is -1.04. The Morgan fingerprint density at radius 1 is 1.10 bits per heavy atom. The number of aryl methyl sites for hydroxylation is 1. The second-order valence-electron chi connectivity index (χ2n) is 11.3. The number of fused-ring (bicyclic) bond motifs is 1. The van der Waals surface area contributed by atoms with Crippen LogP contribution >= 0.6 is 11.6 Å². The van der Waals surface area contributed by atoms with Gasteiger partial charge in [-0.25, -0.2) is 0 Å². The van der Waals surface area contributed by atoms with Gasteiger partial charge in [0, 0.05) is 37.0 Å². The van der Waals surface area contributed by atoms with Gasteiger partial charge in [-0.3, -0.25) is 14.4 Å². The van der Waals surface area contributed by atoms with Gasteiger partial charge in [-0.1, -0.05) is 67.4 Å². The van der Waals surface area contributed by atoms with E-state index >= 15 is 0 Å². The molecule has 1 fully saturated rings. The molecular formula is C32H43ClN2O4. The van der Waals surface area contributed by atoms with Crippen LogP contribution < -0.4 is 0 Å². The van der Waals surface area contributed by atoms with E-state index in [9.17, 15) is 14.4 Å². The summed E-state index contributed by atoms with van der Waals surface area (Å²) in [6.07, 6.45) is 9.92. The Balaban J connectivity index is 2.01. The molecule has 7 heteroatoms. The molecule has 1 saturated heterocycles. The van der Waals surface area contributed by atoms with E-state index in [-0.39, 0.29) is 42.5 Å². The molecule has 3 rings (SSSR count). The van der Waals surface area contributed by atoms with Crippen molar-refractivity contribution < 1.29 is 19.5 Å². The highest BCUT2D eigenvalue weighted by molar-refractivity contribution is 6.31. The highest BCUT2D eigenvalue weighted by Gasteiger charge is 2.38. The number of amides is 2. The van der Waals surface area contributed by atoms with Crippen molar-refractivity contribution in [1.82, 2.24) is 9.80 Å². The fraction of sp³-hybridized carbons (Fsp3) is 0.531. The van der Waals surface area contributed by atoms with Crippen LogP contribution in [0.25, 0.3) is 0 Å². The SMILES string of the molecule is C\C=C/C(Cl)=C(\C=C/C)C1CN(CC(=O)N2CCC(CC(=O)O)CC2)C(=O)C(CC(C)C)c2ccc(C)cc21. The minimum atomic E-state index is -0.798. The van der Waals surface area contributed by atoms with E-state index in [4.69, 9.17) is 16.7 Å². The minimum absolute atomic E-state index is 0.00481. The van der Waals surface area contributed by atoms with Crippen LogP contribution in [0.2, 0.25) is 0 Å². The van der Waals surface area contributed by atoms with Crippen molar-refractivity contribution in [1.29, 1.82) is 0 Å². The molecular weight excluding hydrogens is 512 g/mol. The molecule has 212 valence electrons. The zero-order valence-electron chi connectivity index (χ0n) is 24.0. The van der Waals surface area contributed by atoms with E-state index in [1.807, 2.05) is 38.2 Å². The standard InChI is InChI=1S/C32H43ClN2O4/c1-6-8-25(29(33)9-7-2)28-19-35(20-30(36)34-14-12-23(13-15-34)18-31(37)38)32(39)27(16-21(3)4)24-11-10-22(5)17-26(24)28/h6-11,17,21,23,27-28H,12-16,18-20H2,1-5H3,(H,37,38)/b8-6-,9-7-,29-25-. The van der Waals surface area contributed by atoms with Gasteiger partial charge in [-0.2, -0.15) is 0 Å². The second-order valence-corrected chi connectivity index (χ2v) is 11.7. The van der Waals surface area contributed by atoms with E-state index in [0.717, 1.165) is 22.3 Å². The first-order valence-corrected chi connectivity index (χ1v) is 14.5. The third kappa shape index (κ3) is 7.84. The van der Waals surface area contributed by atoms with Gasteiger partial charge < -0.3 is 14.9 Å². The van der Waals surface area contributed by atoms with Gasteiger partial charge in [0.05, 0.1) is 12.5 Å². The first kappa shape index (κ1) is 30.7. The zero-order chi connectivity index (χ0) is 28.7. The number of halogens is 1. The summed E-state index contributed by atoms with van der Waals surface area (Å²) in [5.41, 5.74) is 4.15. The Morgan fingerprint density at radius 2 is 1.77 bits per heavy atom. The number of piperidine rings is 1. The first-order chi connectivity index (χ1) is 18.5. The maximum absolute atomic E-state index is 14.2. The molecule has 2 aliphatic rings. The van der Waals surface area contributed by atoms with Gasteiger partial charge in [0.2, 0.25) is 11.8 Å². The van der Waals surface area contributed by atoms with Crippen LogP contribution in [0.5, 0.6) is 0 Å². The molecule has 39 heavy (non-hydrogen) atoms. The average Bonchev–Trinajstić information content (AvgIpc) is 2.97. The molecule has 2 heterocycles. The smallest absolute Gasteiger partial charge is 0.303 e. The quantitative estimate of drug-likeness (QED) is 0.358. The second kappa shape index (κ2) is 14.0. The lowest BCUT2D eigenvalue weighted by molar-refractivity contribution is -0.143. The molecule has 2 atom stereocenters. The number of allylic oxidation sites excluding steroid dienone is 5. The van der Waals surface area contributed by atoms with Crippen LogP contribution in [0.15, 0.2) is 53.1 Å². The number of likely N-dealkylation sites (tertiary alicyclic amines) is 1. The molecule has 0 spiro atoms. The van der Waals surface area contributed by atoms with E-state index in [0.29, 0.717) is 49.8 Å². The molecule has 2 amide bonds. The van der Waals surface area contributed by atoms with Crippen molar-refractivity contribution >= 4 is 29.4 Å². The largest absolute Gasteiger partial charge is 0.481 e. The lowest BCUT2D eigenvalue weighted by Gasteiger charge is -2.34. The average molecular weight is 555 g/mol. The number of hydrogen-bond acceptors (Lipinski definition) is 3. The Bertz CT molecular complexity index is 1140. The number of benzene rings is 1. The summed E-state index contributed by atoms with van der Waals surface area (Å²) in [6, 6.07) is 6.31. The maximum atomic E-state index is 14.2. The van der Waals surface area contributed by atoms with E-state index < -0.39 is 5.97 Å². The van der Waals surface area contributed by atoms with Crippen LogP contribution in [-0.4, -0.2) is 58.9 Å². The summed E-state index contributed by atoms with van der Waals surface area (Å²) in [6.45, 7) is 11.6. The summed E-state index contributed by atoms with van der Waals surface area (Å²) in [7, 11) is 0. The normalized spacial score (nSPS) is 21.5. The molecule has 6 nitrogen and oxygen atoms in total. The van der Waals surface area contributed by atoms with E-state index in [2.05, 4.69) is 39.0 Å². The van der Waals surface area contributed by atoms with Gasteiger partial charge in [-0.15, -0.1) is 0 Å². The lowest BCUT2D eigenvalue weighted by Crippen LogP contribution is -2.47. The molecule has 0 aromatic heterocycles. The molecule has 2 unspecified atom stereocenters. The van der Waals surface area contributed by atoms with Crippen molar-refractivity contribution in [3.05, 3.63) is 69.8 Å². The van der Waals surface area contributed by atoms with E-state index in [1.165, 1.54) is 0 Å². The maximum Gasteiger partial charge on any atom is 0.303 e. The summed E-state index contributed by atoms with van der Waals surface area (Å²) in [4.78, 5) is 42.3. The first-order valence-electron chi connectivity index (χ1n) is 14.1. The number of rotatable bonds is 9. The van der Waals surface area contributed by atoms with Gasteiger partial charge in [0.1, 0.15) is 0 Å². The number of hydrogen-bond donors (Lipinski definition) is 1. The van der Waals surface area contributed by atoms with Gasteiger partial charge in [0.25, 0.3) is 0 Å². The molecule has 1 aromatic carbocycles. The van der Waals surface area contributed by atoms with Crippen molar-refractivity contribution in [2.75, 3.05) is 26.2 Å². The third-order valence-electron chi connectivity index (χ3n) is 7.78. The molecule has 1 N–H and O–H groups in total. The molecule has 0 radical (unpaired) electrons. The van der Waals surface area contributed by atoms with Gasteiger partial charge >= 0.3 is 5.97 Å². The minimum Gasteiger partial charge on any atom is -0.481 e. The Hall–Kier alpha value is -2.86. The number of carboxylic acid groups (broad SMARTS) is 1. The molecule has 0 saturated carbocycles. The Labute approximate surface area is 238 Å². The lowest BCUT2D eigenvalue weighted by atomic mass is 9.81. The summed E-state index contributed by atoms with van der Waals surface area (Å²) < 4.78 is 0. The van der Waals surface area contributed by atoms with Gasteiger partial charge in [-0.05, 0) is 74.6 Å². The summed E-state index contributed by atoms with van der Waals surface area (Å²) in [5, 5.41) is 9.75. The topological polar surface area (TPSA) is 77.9 Å². The van der Waals surface area contributed by atoms with E-state index in [1.54, 1.807) is 9.80 Å². The molecule has 1 aromatic rings. The fourth-order valence-electron chi connectivity index (χ4n) is 5.86. The number of nitrogens with zero attached hydrogens (tertiary/aromatic N) is 2. The highest BCUT2D eigenvalue weighted by atomic mass is 35.5. The van der Waals surface area contributed by atoms with Gasteiger partial charge in [0.15, 0.2) is 0 Å². The van der Waals surface area contributed by atoms with Crippen LogP contribution in [0.1, 0.15) is 81.9 Å². The van der Waals surface area contributed by atoms with Crippen molar-refractivity contribution in [2.45, 2.75) is 72.1 Å². The summed E-state index contributed by atoms with van der Waals surface area (Å²) >= 11 is 6.82. The van der Waals surface area contributed by atoms with Crippen LogP contribution in [0.4, 0.5) is 0 Å². The number of aliphatic carboxylic acids is 1. The third-order valence-corrected chi connectivity index (χ3v) is 8.12. The number of carboxylic acids is 1. The zero-order valence-corrected chi connectivity index (χ0v) is 24.7. The Kier molecular flexibility index (Phi) is 11.0. The highest BCUT2D eigenvalue weighted by Crippen LogP contribution is 2.41. The molecule has 2 aliphatic heterocycles. The van der Waals surface area contributed by atoms with Crippen LogP contribution in [-0.2, 0) is 14.4 Å². The van der Waals surface area contributed by atoms with Crippen LogP contribution in [0.3, 0.4) is 0 Å². The van der Waals surface area contributed by atoms with Crippen LogP contribution in [0, 0.1) is 18.8 Å². The van der Waals surface area contributed by atoms with Crippen molar-refractivity contribution in [3.63, 3.8) is 0 Å². The van der Waals surface area contributed by atoms with Crippen molar-refractivity contribution in [2.24, 2.45) is 11.8 Å². The Morgan fingerprint density at radius 3 is 2.36 bits per heavy atom. The molecule has 0 aliphatic carbocycles.